The van der Waals surface area contributed by atoms with Crippen LogP contribution in [-0.4, -0.2) is 9.13 Å². The smallest absolute Gasteiger partial charge is 0.309 e. The Kier molecular flexibility index (Phi) is 10.6. The van der Waals surface area contributed by atoms with Crippen molar-refractivity contribution in [2.75, 3.05) is 0 Å². The van der Waals surface area contributed by atoms with Crippen molar-refractivity contribution in [2.24, 2.45) is 0 Å². The van der Waals surface area contributed by atoms with E-state index in [9.17, 15) is 5.26 Å². The summed E-state index contributed by atoms with van der Waals surface area (Å²) in [5.41, 5.74) is 15.8. The van der Waals surface area contributed by atoms with Gasteiger partial charge in [-0.1, -0.05) is 180 Å². The van der Waals surface area contributed by atoms with Gasteiger partial charge in [-0.05, 0) is 126 Å². The molecule has 2 aromatic heterocycles. The van der Waals surface area contributed by atoms with Crippen molar-refractivity contribution in [3.8, 4) is 73.1 Å². The molecule has 0 bridgehead atoms. The Morgan fingerprint density at radius 2 is 0.681 bits per heavy atom. The molecule has 0 fully saturated rings. The summed E-state index contributed by atoms with van der Waals surface area (Å²) in [6, 6.07) is 70.2. The number of hydrogen-bond acceptors (Lipinski definition) is 1. The predicted molar refractivity (Wildman–Crippen MR) is 291 cm³/mol. The first-order valence-corrected chi connectivity index (χ1v) is 24.1. The SMILES string of the molecule is Cc1cccc(-c2ccc3c4ccc(-c5cccc(C)c5)cc4n(-c4cc(C(F)(F)F)c(-n5c6cc(-c7cccc(C)c7)ccc6c6ccc(-c7cccc(C)c7)cc65)cc4-c4cccc(C#N)c4)c3c2)c1. The van der Waals surface area contributed by atoms with Crippen molar-refractivity contribution < 1.29 is 13.2 Å². The van der Waals surface area contributed by atoms with Gasteiger partial charge in [0.05, 0.1) is 50.6 Å². The van der Waals surface area contributed by atoms with Crippen LogP contribution in [0.1, 0.15) is 33.4 Å². The van der Waals surface area contributed by atoms with Crippen molar-refractivity contribution in [2.45, 2.75) is 33.9 Å². The van der Waals surface area contributed by atoms with E-state index in [1.54, 1.807) is 24.3 Å². The lowest BCUT2D eigenvalue weighted by Crippen LogP contribution is -2.13. The molecule has 6 heteroatoms. The van der Waals surface area contributed by atoms with Crippen LogP contribution in [0.3, 0.4) is 0 Å². The summed E-state index contributed by atoms with van der Waals surface area (Å²) in [6.07, 6.45) is -4.82. The largest absolute Gasteiger partial charge is 0.418 e. The normalized spacial score (nSPS) is 11.8. The first kappa shape index (κ1) is 44.3. The number of nitriles is 1. The number of aromatic nitrogens is 2. The molecule has 0 N–H and O–H groups in total. The Bertz CT molecular complexity index is 4010. The number of hydrogen-bond donors (Lipinski definition) is 0. The molecule has 72 heavy (non-hydrogen) atoms. The van der Waals surface area contributed by atoms with Crippen LogP contribution in [0.5, 0.6) is 0 Å². The Morgan fingerprint density at radius 1 is 0.347 bits per heavy atom. The highest BCUT2D eigenvalue weighted by Crippen LogP contribution is 2.47. The third kappa shape index (κ3) is 7.71. The van der Waals surface area contributed by atoms with Gasteiger partial charge in [0, 0.05) is 27.1 Å². The van der Waals surface area contributed by atoms with Gasteiger partial charge in [-0.25, -0.2) is 0 Å². The molecule has 0 saturated carbocycles. The zero-order chi connectivity index (χ0) is 49.4. The lowest BCUT2D eigenvalue weighted by molar-refractivity contribution is -0.137. The lowest BCUT2D eigenvalue weighted by Gasteiger charge is -2.22. The van der Waals surface area contributed by atoms with Crippen LogP contribution < -0.4 is 0 Å². The Labute approximate surface area is 415 Å². The fourth-order valence-electron chi connectivity index (χ4n) is 10.7. The summed E-state index contributed by atoms with van der Waals surface area (Å²) in [4.78, 5) is 0. The van der Waals surface area contributed by atoms with Gasteiger partial charge in [-0.15, -0.1) is 0 Å². The Hall–Kier alpha value is -8.92. The minimum atomic E-state index is -4.82. The molecule has 346 valence electrons. The average Bonchev–Trinajstić information content (AvgIpc) is 3.89. The summed E-state index contributed by atoms with van der Waals surface area (Å²) >= 11 is 0. The van der Waals surface area contributed by atoms with Crippen molar-refractivity contribution in [3.05, 3.63) is 240 Å². The molecule has 2 heterocycles. The molecule has 0 atom stereocenters. The number of nitrogens with zero attached hydrogens (tertiary/aromatic N) is 3. The molecule has 10 aromatic carbocycles. The number of halogens is 3. The second-order valence-electron chi connectivity index (χ2n) is 19.2. The van der Waals surface area contributed by atoms with Gasteiger partial charge in [0.25, 0.3) is 0 Å². The zero-order valence-electron chi connectivity index (χ0n) is 40.1. The van der Waals surface area contributed by atoms with Crippen LogP contribution >= 0.6 is 0 Å². The van der Waals surface area contributed by atoms with E-state index in [1.165, 1.54) is 6.07 Å². The van der Waals surface area contributed by atoms with Gasteiger partial charge in [-0.3, -0.25) is 0 Å². The van der Waals surface area contributed by atoms with Crippen LogP contribution in [0.4, 0.5) is 13.2 Å². The first-order valence-electron chi connectivity index (χ1n) is 24.1. The van der Waals surface area contributed by atoms with Gasteiger partial charge in [0.15, 0.2) is 0 Å². The van der Waals surface area contributed by atoms with E-state index < -0.39 is 11.7 Å². The highest BCUT2D eigenvalue weighted by Gasteiger charge is 2.37. The second kappa shape index (κ2) is 17.2. The molecule has 0 spiro atoms. The molecule has 0 aliphatic carbocycles. The van der Waals surface area contributed by atoms with E-state index in [4.69, 9.17) is 0 Å². The molecular formula is C66H46F3N3. The van der Waals surface area contributed by atoms with Gasteiger partial charge >= 0.3 is 6.18 Å². The highest BCUT2D eigenvalue weighted by molar-refractivity contribution is 6.13. The molecule has 12 aromatic rings. The maximum atomic E-state index is 16.7. The molecule has 12 rings (SSSR count). The highest BCUT2D eigenvalue weighted by atomic mass is 19.4. The van der Waals surface area contributed by atoms with Gasteiger partial charge < -0.3 is 9.13 Å². The number of fused-ring (bicyclic) bond motifs is 6. The van der Waals surface area contributed by atoms with Crippen LogP contribution in [0.25, 0.3) is 111 Å². The summed E-state index contributed by atoms with van der Waals surface area (Å²) < 4.78 is 53.9. The topological polar surface area (TPSA) is 33.6 Å². The maximum Gasteiger partial charge on any atom is 0.418 e. The van der Waals surface area contributed by atoms with Crippen LogP contribution in [0, 0.1) is 39.0 Å². The Balaban J connectivity index is 1.23. The van der Waals surface area contributed by atoms with Gasteiger partial charge in [0.1, 0.15) is 0 Å². The number of rotatable bonds is 7. The van der Waals surface area contributed by atoms with Crippen molar-refractivity contribution in [1.29, 1.82) is 5.26 Å². The van der Waals surface area contributed by atoms with E-state index in [-0.39, 0.29) is 5.69 Å². The van der Waals surface area contributed by atoms with Crippen molar-refractivity contribution in [3.63, 3.8) is 0 Å². The molecule has 3 nitrogen and oxygen atoms in total. The van der Waals surface area contributed by atoms with E-state index in [1.807, 2.05) is 102 Å². The molecule has 0 unspecified atom stereocenters. The Morgan fingerprint density at radius 3 is 1.03 bits per heavy atom. The van der Waals surface area contributed by atoms with Crippen molar-refractivity contribution in [1.82, 2.24) is 9.13 Å². The summed E-state index contributed by atoms with van der Waals surface area (Å²) in [5.74, 6) is 0. The fourth-order valence-corrected chi connectivity index (χ4v) is 10.7. The van der Waals surface area contributed by atoms with E-state index in [0.29, 0.717) is 33.4 Å². The minimum Gasteiger partial charge on any atom is -0.309 e. The maximum absolute atomic E-state index is 16.7. The van der Waals surface area contributed by atoms with Gasteiger partial charge in [-0.2, -0.15) is 18.4 Å². The fraction of sp³-hybridized carbons (Fsp3) is 0.0758. The lowest BCUT2D eigenvalue weighted by atomic mass is 9.97. The number of benzene rings is 10. The molecule has 0 amide bonds. The van der Waals surface area contributed by atoms with E-state index in [0.717, 1.165) is 99.3 Å². The quantitative estimate of drug-likeness (QED) is 0.157. The second-order valence-corrected chi connectivity index (χ2v) is 19.2. The molecule has 0 radical (unpaired) electrons. The van der Waals surface area contributed by atoms with E-state index in [2.05, 4.69) is 117 Å². The molecule has 0 saturated heterocycles. The molecule has 0 aliphatic heterocycles. The third-order valence-corrected chi connectivity index (χ3v) is 14.1. The minimum absolute atomic E-state index is 0.0203. The summed E-state index contributed by atoms with van der Waals surface area (Å²) in [6.45, 7) is 8.18. The van der Waals surface area contributed by atoms with Crippen molar-refractivity contribution >= 4 is 43.6 Å². The number of alkyl halides is 3. The third-order valence-electron chi connectivity index (χ3n) is 14.1. The molecule has 0 aliphatic rings. The van der Waals surface area contributed by atoms with Crippen LogP contribution in [0.2, 0.25) is 0 Å². The van der Waals surface area contributed by atoms with E-state index >= 15 is 13.2 Å². The average molecular weight is 938 g/mol. The molecular weight excluding hydrogens is 892 g/mol. The predicted octanol–water partition coefficient (Wildman–Crippen LogP) is 18.3. The monoisotopic (exact) mass is 937 g/mol. The summed E-state index contributed by atoms with van der Waals surface area (Å²) in [7, 11) is 0. The van der Waals surface area contributed by atoms with Gasteiger partial charge in [0.2, 0.25) is 0 Å². The van der Waals surface area contributed by atoms with Crippen LogP contribution in [-0.2, 0) is 6.18 Å². The first-order chi connectivity index (χ1) is 34.9. The number of aryl methyl sites for hydroxylation is 4. The van der Waals surface area contributed by atoms with Crippen LogP contribution in [0.15, 0.2) is 206 Å². The standard InChI is InChI=1S/C66H46F3N3/c1-40-10-5-15-45(28-40)49-20-24-54-55-25-21-50(46-16-6-11-41(2)29-46)34-61(55)71(60(54)33-49)64-38-59(66(67,68)69)65(37-58(64)53-19-9-14-44(32-53)39-70)72-62-35-51(47-17-7-12-42(3)30-47)22-26-56(62)57-27-23-52(36-63(57)72)48-18-8-13-43(4)31-48/h5-38H,1-4H3. The zero-order valence-corrected chi connectivity index (χ0v) is 40.1. The summed E-state index contributed by atoms with van der Waals surface area (Å²) in [5, 5.41) is 13.8.